The SMILES string of the molecule is CC(=O)N1CCN(S(=O)(=O)c2cc(N)c(F)cc2Br)CC1. The van der Waals surface area contributed by atoms with Crippen LogP contribution in [0.4, 0.5) is 10.1 Å². The third kappa shape index (κ3) is 3.19. The van der Waals surface area contributed by atoms with E-state index in [1.807, 2.05) is 0 Å². The van der Waals surface area contributed by atoms with E-state index in [2.05, 4.69) is 15.9 Å². The maximum absolute atomic E-state index is 13.3. The van der Waals surface area contributed by atoms with Crippen molar-refractivity contribution in [1.82, 2.24) is 9.21 Å². The number of anilines is 1. The number of carbonyl (C=O) groups excluding carboxylic acids is 1. The fourth-order valence-corrected chi connectivity index (χ4v) is 4.56. The van der Waals surface area contributed by atoms with E-state index in [9.17, 15) is 17.6 Å². The summed E-state index contributed by atoms with van der Waals surface area (Å²) >= 11 is 3.05. The fourth-order valence-electron chi connectivity index (χ4n) is 2.12. The van der Waals surface area contributed by atoms with E-state index in [4.69, 9.17) is 5.73 Å². The number of piperazine rings is 1. The summed E-state index contributed by atoms with van der Waals surface area (Å²) < 4.78 is 39.8. The Morgan fingerprint density at radius 3 is 2.38 bits per heavy atom. The normalized spacial score (nSPS) is 17.0. The number of nitrogens with two attached hydrogens (primary N) is 1. The summed E-state index contributed by atoms with van der Waals surface area (Å²) in [5.41, 5.74) is 5.22. The third-order valence-corrected chi connectivity index (χ3v) is 6.21. The van der Waals surface area contributed by atoms with Gasteiger partial charge in [0.05, 0.1) is 10.6 Å². The Hall–Kier alpha value is -1.19. The number of nitrogen functional groups attached to an aromatic ring is 1. The van der Waals surface area contributed by atoms with Gasteiger partial charge in [0.1, 0.15) is 5.82 Å². The van der Waals surface area contributed by atoms with Crippen molar-refractivity contribution >= 4 is 37.5 Å². The highest BCUT2D eigenvalue weighted by molar-refractivity contribution is 9.10. The summed E-state index contributed by atoms with van der Waals surface area (Å²) in [5.74, 6) is -0.763. The summed E-state index contributed by atoms with van der Waals surface area (Å²) in [6, 6.07) is 2.14. The Kier molecular flexibility index (Phi) is 4.54. The van der Waals surface area contributed by atoms with Gasteiger partial charge in [0.15, 0.2) is 0 Å². The highest BCUT2D eigenvalue weighted by atomic mass is 79.9. The van der Waals surface area contributed by atoms with Crippen molar-refractivity contribution in [1.29, 1.82) is 0 Å². The molecule has 0 atom stereocenters. The molecule has 1 saturated heterocycles. The van der Waals surface area contributed by atoms with Gasteiger partial charge >= 0.3 is 0 Å². The molecule has 0 unspecified atom stereocenters. The van der Waals surface area contributed by atoms with E-state index < -0.39 is 15.8 Å². The van der Waals surface area contributed by atoms with Gasteiger partial charge < -0.3 is 10.6 Å². The molecule has 0 aromatic heterocycles. The molecule has 1 aromatic rings. The lowest BCUT2D eigenvalue weighted by molar-refractivity contribution is -0.129. The molecular weight excluding hydrogens is 365 g/mol. The molecule has 2 rings (SSSR count). The van der Waals surface area contributed by atoms with Crippen LogP contribution in [0.15, 0.2) is 21.5 Å². The Morgan fingerprint density at radius 2 is 1.86 bits per heavy atom. The van der Waals surface area contributed by atoms with Gasteiger partial charge in [-0.3, -0.25) is 4.79 Å². The van der Waals surface area contributed by atoms with Gasteiger partial charge in [0.25, 0.3) is 0 Å². The van der Waals surface area contributed by atoms with Crippen molar-refractivity contribution in [2.45, 2.75) is 11.8 Å². The van der Waals surface area contributed by atoms with Crippen LogP contribution in [0.5, 0.6) is 0 Å². The standard InChI is InChI=1S/C12H15BrFN3O3S/c1-8(18)16-2-4-17(5-3-16)21(19,20)12-7-11(15)10(14)6-9(12)13/h6-7H,2-5,15H2,1H3. The molecule has 1 aliphatic rings. The van der Waals surface area contributed by atoms with E-state index in [1.165, 1.54) is 11.2 Å². The Bertz CT molecular complexity index is 673. The number of rotatable bonds is 2. The number of carbonyl (C=O) groups is 1. The highest BCUT2D eigenvalue weighted by Crippen LogP contribution is 2.29. The first-order valence-corrected chi connectivity index (χ1v) is 8.47. The van der Waals surface area contributed by atoms with Gasteiger partial charge in [0.2, 0.25) is 15.9 Å². The molecule has 9 heteroatoms. The van der Waals surface area contributed by atoms with Gasteiger partial charge in [0, 0.05) is 37.6 Å². The van der Waals surface area contributed by atoms with E-state index in [1.54, 1.807) is 4.90 Å². The van der Waals surface area contributed by atoms with Crippen LogP contribution in [-0.2, 0) is 14.8 Å². The summed E-state index contributed by atoms with van der Waals surface area (Å²) in [5, 5.41) is 0. The van der Waals surface area contributed by atoms with Crippen LogP contribution >= 0.6 is 15.9 Å². The maximum Gasteiger partial charge on any atom is 0.244 e. The van der Waals surface area contributed by atoms with E-state index >= 15 is 0 Å². The summed E-state index contributed by atoms with van der Waals surface area (Å²) in [7, 11) is -3.78. The molecule has 2 N–H and O–H groups in total. The van der Waals surface area contributed by atoms with Crippen LogP contribution in [0.3, 0.4) is 0 Å². The first-order valence-electron chi connectivity index (χ1n) is 6.23. The van der Waals surface area contributed by atoms with Crippen molar-refractivity contribution in [2.75, 3.05) is 31.9 Å². The molecule has 0 bridgehead atoms. The second-order valence-electron chi connectivity index (χ2n) is 4.71. The smallest absolute Gasteiger partial charge is 0.244 e. The molecule has 1 heterocycles. The van der Waals surface area contributed by atoms with Crippen LogP contribution in [-0.4, -0.2) is 49.7 Å². The molecule has 0 aliphatic carbocycles. The van der Waals surface area contributed by atoms with Crippen molar-refractivity contribution in [3.63, 3.8) is 0 Å². The Balaban J connectivity index is 2.28. The summed E-state index contributed by atoms with van der Waals surface area (Å²) in [4.78, 5) is 12.8. The fraction of sp³-hybridized carbons (Fsp3) is 0.417. The van der Waals surface area contributed by atoms with Crippen molar-refractivity contribution in [3.05, 3.63) is 22.4 Å². The number of hydrogen-bond acceptors (Lipinski definition) is 4. The van der Waals surface area contributed by atoms with Crippen LogP contribution in [0.25, 0.3) is 0 Å². The zero-order chi connectivity index (χ0) is 15.8. The molecule has 6 nitrogen and oxygen atoms in total. The minimum atomic E-state index is -3.78. The quantitative estimate of drug-likeness (QED) is 0.777. The van der Waals surface area contributed by atoms with Crippen LogP contribution in [0.1, 0.15) is 6.92 Å². The monoisotopic (exact) mass is 379 g/mol. The van der Waals surface area contributed by atoms with Gasteiger partial charge in [-0.15, -0.1) is 0 Å². The Morgan fingerprint density at radius 1 is 1.29 bits per heavy atom. The molecule has 0 radical (unpaired) electrons. The van der Waals surface area contributed by atoms with Crippen molar-refractivity contribution in [2.24, 2.45) is 0 Å². The molecule has 0 spiro atoms. The molecule has 21 heavy (non-hydrogen) atoms. The van der Waals surface area contributed by atoms with E-state index in [0.717, 1.165) is 12.1 Å². The molecule has 1 fully saturated rings. The van der Waals surface area contributed by atoms with E-state index in [0.29, 0.717) is 13.1 Å². The molecule has 0 saturated carbocycles. The summed E-state index contributed by atoms with van der Waals surface area (Å²) in [6.07, 6.45) is 0. The van der Waals surface area contributed by atoms with Crippen LogP contribution in [0.2, 0.25) is 0 Å². The number of benzene rings is 1. The van der Waals surface area contributed by atoms with Gasteiger partial charge in [-0.25, -0.2) is 12.8 Å². The summed E-state index contributed by atoms with van der Waals surface area (Å²) in [6.45, 7) is 2.52. The number of hydrogen-bond donors (Lipinski definition) is 1. The predicted molar refractivity (Wildman–Crippen MR) is 79.5 cm³/mol. The number of halogens is 2. The largest absolute Gasteiger partial charge is 0.396 e. The van der Waals surface area contributed by atoms with Crippen LogP contribution in [0, 0.1) is 5.82 Å². The van der Waals surface area contributed by atoms with Crippen LogP contribution < -0.4 is 5.73 Å². The minimum Gasteiger partial charge on any atom is -0.396 e. The Labute approximate surface area is 130 Å². The average Bonchev–Trinajstić information content (AvgIpc) is 2.42. The second kappa shape index (κ2) is 5.90. The van der Waals surface area contributed by atoms with Gasteiger partial charge in [-0.2, -0.15) is 4.31 Å². The molecule has 1 aromatic carbocycles. The predicted octanol–water partition coefficient (Wildman–Crippen LogP) is 1.02. The van der Waals surface area contributed by atoms with Crippen molar-refractivity contribution in [3.8, 4) is 0 Å². The average molecular weight is 380 g/mol. The third-order valence-electron chi connectivity index (χ3n) is 3.35. The molecule has 116 valence electrons. The zero-order valence-electron chi connectivity index (χ0n) is 11.3. The highest BCUT2D eigenvalue weighted by Gasteiger charge is 2.31. The molecular formula is C12H15BrFN3O3S. The number of sulfonamides is 1. The second-order valence-corrected chi connectivity index (χ2v) is 7.47. The van der Waals surface area contributed by atoms with E-state index in [-0.39, 0.29) is 34.1 Å². The molecule has 1 aliphatic heterocycles. The van der Waals surface area contributed by atoms with Gasteiger partial charge in [-0.1, -0.05) is 0 Å². The minimum absolute atomic E-state index is 0.0716. The topological polar surface area (TPSA) is 83.7 Å². The maximum atomic E-state index is 13.3. The lowest BCUT2D eigenvalue weighted by Crippen LogP contribution is -2.50. The molecule has 1 amide bonds. The lowest BCUT2D eigenvalue weighted by Gasteiger charge is -2.33. The first-order chi connectivity index (χ1) is 9.73. The number of nitrogens with zero attached hydrogens (tertiary/aromatic N) is 2. The number of amides is 1. The zero-order valence-corrected chi connectivity index (χ0v) is 13.7. The lowest BCUT2D eigenvalue weighted by atomic mass is 10.3. The van der Waals surface area contributed by atoms with Gasteiger partial charge in [-0.05, 0) is 28.1 Å². The first kappa shape index (κ1) is 16.2. The van der Waals surface area contributed by atoms with Crippen molar-refractivity contribution < 1.29 is 17.6 Å².